The standard InChI is InChI=1S/C26H38N6O3/c1-3-17(2)21(32-22(33)20(30-25(32)35)9-6-14-29-24(27)28)23(34)31-15-12-26(13-16-31)11-10-18-7-4-5-8-19(18)26/h4-5,7-8,17,21,33H,3,6,9-16H2,1-2H3,(H,30,35)(H4,27,28,29)/t17-,21-/m1/s1. The van der Waals surface area contributed by atoms with Crippen LogP contribution in [-0.4, -0.2) is 51.1 Å². The first kappa shape index (κ1) is 24.9. The maximum Gasteiger partial charge on any atom is 0.329 e. The van der Waals surface area contributed by atoms with Crippen LogP contribution in [0.2, 0.25) is 0 Å². The van der Waals surface area contributed by atoms with E-state index in [9.17, 15) is 14.7 Å². The van der Waals surface area contributed by atoms with Gasteiger partial charge in [-0.25, -0.2) is 4.79 Å². The third-order valence-electron chi connectivity index (χ3n) is 8.06. The Kier molecular flexibility index (Phi) is 7.23. The predicted octanol–water partition coefficient (Wildman–Crippen LogP) is 2.18. The second-order valence-electron chi connectivity index (χ2n) is 10.1. The number of benzene rings is 1. The lowest BCUT2D eigenvalue weighted by molar-refractivity contribution is -0.138. The number of aryl methyl sites for hydroxylation is 2. The molecule has 0 unspecified atom stereocenters. The molecule has 2 aliphatic rings. The Morgan fingerprint density at radius 1 is 1.23 bits per heavy atom. The summed E-state index contributed by atoms with van der Waals surface area (Å²) in [6, 6.07) is 7.92. The molecule has 2 aromatic rings. The summed E-state index contributed by atoms with van der Waals surface area (Å²) in [7, 11) is 0. The minimum absolute atomic E-state index is 0.00659. The minimum atomic E-state index is -0.750. The Labute approximate surface area is 206 Å². The summed E-state index contributed by atoms with van der Waals surface area (Å²) in [4.78, 5) is 35.3. The van der Waals surface area contributed by atoms with Crippen LogP contribution in [0.15, 0.2) is 34.1 Å². The lowest BCUT2D eigenvalue weighted by atomic mass is 9.73. The second-order valence-corrected chi connectivity index (χ2v) is 10.1. The highest BCUT2D eigenvalue weighted by Gasteiger charge is 2.43. The van der Waals surface area contributed by atoms with E-state index in [1.165, 1.54) is 15.7 Å². The van der Waals surface area contributed by atoms with Crippen LogP contribution in [0.4, 0.5) is 0 Å². The molecule has 35 heavy (non-hydrogen) atoms. The Morgan fingerprint density at radius 3 is 2.63 bits per heavy atom. The number of imidazole rings is 1. The fourth-order valence-corrected chi connectivity index (χ4v) is 5.84. The summed E-state index contributed by atoms with van der Waals surface area (Å²) < 4.78 is 1.25. The number of aromatic amines is 1. The van der Waals surface area contributed by atoms with Crippen molar-refractivity contribution in [3.05, 3.63) is 51.6 Å². The van der Waals surface area contributed by atoms with Gasteiger partial charge in [0, 0.05) is 19.6 Å². The number of nitrogens with zero attached hydrogens (tertiary/aromatic N) is 3. The zero-order valence-corrected chi connectivity index (χ0v) is 20.8. The maximum absolute atomic E-state index is 13.8. The molecule has 0 radical (unpaired) electrons. The third-order valence-corrected chi connectivity index (χ3v) is 8.06. The van der Waals surface area contributed by atoms with Crippen LogP contribution in [0, 0.1) is 5.92 Å². The lowest BCUT2D eigenvalue weighted by Gasteiger charge is -2.41. The molecule has 1 fully saturated rings. The summed E-state index contributed by atoms with van der Waals surface area (Å²) in [5, 5.41) is 10.9. The molecule has 1 spiro atoms. The fourth-order valence-electron chi connectivity index (χ4n) is 5.84. The molecule has 9 nitrogen and oxygen atoms in total. The quantitative estimate of drug-likeness (QED) is 0.259. The number of aliphatic imine (C=N–C) groups is 1. The van der Waals surface area contributed by atoms with Gasteiger partial charge in [0.2, 0.25) is 11.8 Å². The van der Waals surface area contributed by atoms with Crippen LogP contribution in [0.25, 0.3) is 0 Å². The van der Waals surface area contributed by atoms with E-state index in [1.807, 2.05) is 18.7 Å². The van der Waals surface area contributed by atoms with E-state index in [0.717, 1.165) is 25.7 Å². The van der Waals surface area contributed by atoms with Gasteiger partial charge in [-0.1, -0.05) is 44.5 Å². The van der Waals surface area contributed by atoms with Gasteiger partial charge in [0.15, 0.2) is 5.96 Å². The molecule has 1 aromatic carbocycles. The normalized spacial score (nSPS) is 18.3. The number of likely N-dealkylation sites (tertiary alicyclic amines) is 1. The molecule has 1 saturated heterocycles. The number of guanidine groups is 1. The zero-order valence-electron chi connectivity index (χ0n) is 20.8. The topological polar surface area (TPSA) is 143 Å². The molecule has 1 aliphatic heterocycles. The highest BCUT2D eigenvalue weighted by molar-refractivity contribution is 5.81. The predicted molar refractivity (Wildman–Crippen MR) is 136 cm³/mol. The first-order valence-corrected chi connectivity index (χ1v) is 12.7. The molecule has 1 aliphatic carbocycles. The smallest absolute Gasteiger partial charge is 0.329 e. The third kappa shape index (κ3) is 4.81. The average molecular weight is 483 g/mol. The van der Waals surface area contributed by atoms with Crippen molar-refractivity contribution >= 4 is 11.9 Å². The number of aromatic nitrogens is 2. The second kappa shape index (κ2) is 10.2. The summed E-state index contributed by atoms with van der Waals surface area (Å²) in [5.41, 5.74) is 13.7. The number of amides is 1. The van der Waals surface area contributed by atoms with Gasteiger partial charge in [-0.05, 0) is 61.0 Å². The van der Waals surface area contributed by atoms with Crippen molar-refractivity contribution < 1.29 is 9.90 Å². The number of carbonyl (C=O) groups is 1. The van der Waals surface area contributed by atoms with Gasteiger partial charge < -0.3 is 26.5 Å². The van der Waals surface area contributed by atoms with Gasteiger partial charge in [0.1, 0.15) is 6.04 Å². The van der Waals surface area contributed by atoms with Gasteiger partial charge in [0.05, 0.1) is 5.69 Å². The molecule has 190 valence electrons. The van der Waals surface area contributed by atoms with E-state index < -0.39 is 11.7 Å². The van der Waals surface area contributed by atoms with Crippen LogP contribution in [0.1, 0.15) is 68.8 Å². The number of nitrogens with two attached hydrogens (primary N) is 2. The van der Waals surface area contributed by atoms with Crippen LogP contribution in [0.5, 0.6) is 5.88 Å². The molecule has 9 heteroatoms. The molecule has 1 aromatic heterocycles. The van der Waals surface area contributed by atoms with Crippen LogP contribution < -0.4 is 17.2 Å². The molecule has 6 N–H and O–H groups in total. The number of piperidine rings is 1. The van der Waals surface area contributed by atoms with Gasteiger partial charge in [-0.2, -0.15) is 0 Å². The highest BCUT2D eigenvalue weighted by atomic mass is 16.3. The Balaban J connectivity index is 1.52. The van der Waals surface area contributed by atoms with Crippen molar-refractivity contribution in [3.8, 4) is 5.88 Å². The number of hydrogen-bond donors (Lipinski definition) is 4. The average Bonchev–Trinajstić information content (AvgIpc) is 3.34. The molecular formula is C26H38N6O3. The number of fused-ring (bicyclic) bond motifs is 2. The van der Waals surface area contributed by atoms with Crippen molar-refractivity contribution in [2.45, 2.75) is 70.3 Å². The monoisotopic (exact) mass is 482 g/mol. The van der Waals surface area contributed by atoms with Crippen molar-refractivity contribution in [2.75, 3.05) is 19.6 Å². The van der Waals surface area contributed by atoms with Gasteiger partial charge >= 0.3 is 5.69 Å². The molecule has 2 heterocycles. The SMILES string of the molecule is CC[C@@H](C)[C@H](C(=O)N1CCC2(CCc3ccccc32)CC1)n1c(O)c(CCCN=C(N)N)[nH]c1=O. The van der Waals surface area contributed by atoms with Gasteiger partial charge in [0.25, 0.3) is 0 Å². The van der Waals surface area contributed by atoms with E-state index in [-0.39, 0.29) is 29.1 Å². The molecular weight excluding hydrogens is 444 g/mol. The van der Waals surface area contributed by atoms with Crippen molar-refractivity contribution in [2.24, 2.45) is 22.4 Å². The summed E-state index contributed by atoms with van der Waals surface area (Å²) in [5.74, 6) is -0.368. The minimum Gasteiger partial charge on any atom is -0.493 e. The van der Waals surface area contributed by atoms with Crippen molar-refractivity contribution in [1.82, 2.24) is 14.5 Å². The Morgan fingerprint density at radius 2 is 1.94 bits per heavy atom. The summed E-state index contributed by atoms with van der Waals surface area (Å²) >= 11 is 0. The molecule has 4 rings (SSSR count). The summed E-state index contributed by atoms with van der Waals surface area (Å²) in [6.45, 7) is 5.66. The van der Waals surface area contributed by atoms with E-state index in [4.69, 9.17) is 11.5 Å². The zero-order chi connectivity index (χ0) is 25.2. The molecule has 1 amide bonds. The van der Waals surface area contributed by atoms with Crippen LogP contribution in [0.3, 0.4) is 0 Å². The molecule has 0 saturated carbocycles. The number of hydrogen-bond acceptors (Lipinski definition) is 4. The first-order valence-electron chi connectivity index (χ1n) is 12.7. The number of H-pyrrole nitrogens is 1. The summed E-state index contributed by atoms with van der Waals surface area (Å²) in [6.07, 6.45) is 5.74. The van der Waals surface area contributed by atoms with Crippen molar-refractivity contribution in [3.63, 3.8) is 0 Å². The number of aromatic hydroxyl groups is 1. The lowest BCUT2D eigenvalue weighted by Crippen LogP contribution is -2.48. The number of rotatable bonds is 8. The molecule has 0 bridgehead atoms. The Bertz CT molecular complexity index is 1140. The number of carbonyl (C=O) groups excluding carboxylic acids is 1. The maximum atomic E-state index is 13.8. The van der Waals surface area contributed by atoms with E-state index in [2.05, 4.69) is 34.2 Å². The van der Waals surface area contributed by atoms with Gasteiger partial charge in [-0.3, -0.25) is 14.4 Å². The largest absolute Gasteiger partial charge is 0.493 e. The van der Waals surface area contributed by atoms with E-state index >= 15 is 0 Å². The Hall–Kier alpha value is -3.23. The highest BCUT2D eigenvalue weighted by Crippen LogP contribution is 2.46. The van der Waals surface area contributed by atoms with Crippen LogP contribution >= 0.6 is 0 Å². The fraction of sp³-hybridized carbons (Fsp3) is 0.577. The molecule has 2 atom stereocenters. The van der Waals surface area contributed by atoms with E-state index in [1.54, 1.807) is 0 Å². The van der Waals surface area contributed by atoms with Gasteiger partial charge in [-0.15, -0.1) is 0 Å². The van der Waals surface area contributed by atoms with Crippen molar-refractivity contribution in [1.29, 1.82) is 0 Å². The van der Waals surface area contributed by atoms with Crippen LogP contribution in [-0.2, 0) is 23.1 Å². The van der Waals surface area contributed by atoms with E-state index in [0.29, 0.717) is 44.6 Å². The first-order chi connectivity index (χ1) is 16.8. The number of nitrogens with one attached hydrogen (secondary N) is 1.